The van der Waals surface area contributed by atoms with Crippen molar-refractivity contribution in [1.82, 2.24) is 15.6 Å². The molecule has 2 aromatic rings. The molecule has 6 heteroatoms. The van der Waals surface area contributed by atoms with E-state index in [-0.39, 0.29) is 17.2 Å². The minimum absolute atomic E-state index is 0.00914. The topological polar surface area (TPSA) is 71.1 Å². The van der Waals surface area contributed by atoms with Crippen LogP contribution in [0.1, 0.15) is 44.0 Å². The maximum absolute atomic E-state index is 12.5. The molecule has 0 aliphatic carbocycles. The molecule has 0 radical (unpaired) electrons. The lowest BCUT2D eigenvalue weighted by Crippen LogP contribution is -2.47. The molecule has 25 heavy (non-hydrogen) atoms. The highest BCUT2D eigenvalue weighted by molar-refractivity contribution is 7.09. The molecular formula is C19H25N3O2S. The van der Waals surface area contributed by atoms with Crippen molar-refractivity contribution in [2.75, 3.05) is 0 Å². The highest BCUT2D eigenvalue weighted by Crippen LogP contribution is 2.23. The van der Waals surface area contributed by atoms with Gasteiger partial charge in [0.1, 0.15) is 11.0 Å². The van der Waals surface area contributed by atoms with Gasteiger partial charge in [0, 0.05) is 24.1 Å². The number of amides is 2. The van der Waals surface area contributed by atoms with E-state index in [2.05, 4.69) is 36.4 Å². The lowest BCUT2D eigenvalue weighted by molar-refractivity contribution is -0.128. The minimum atomic E-state index is -0.595. The average molecular weight is 359 g/mol. The fraction of sp³-hybridized carbons (Fsp3) is 0.421. The van der Waals surface area contributed by atoms with Crippen LogP contribution in [0.3, 0.4) is 0 Å². The predicted octanol–water partition coefficient (Wildman–Crippen LogP) is 2.80. The van der Waals surface area contributed by atoms with Crippen molar-refractivity contribution in [2.45, 2.75) is 52.1 Å². The molecule has 0 fully saturated rings. The maximum Gasteiger partial charge on any atom is 0.243 e. The Morgan fingerprint density at radius 1 is 1.20 bits per heavy atom. The third-order valence-corrected chi connectivity index (χ3v) is 4.56. The highest BCUT2D eigenvalue weighted by atomic mass is 32.1. The van der Waals surface area contributed by atoms with Crippen molar-refractivity contribution in [3.63, 3.8) is 0 Å². The summed E-state index contributed by atoms with van der Waals surface area (Å²) >= 11 is 1.53. The van der Waals surface area contributed by atoms with Crippen LogP contribution in [0.5, 0.6) is 0 Å². The van der Waals surface area contributed by atoms with Crippen LogP contribution in [0.25, 0.3) is 0 Å². The average Bonchev–Trinajstić information content (AvgIpc) is 3.02. The summed E-state index contributed by atoms with van der Waals surface area (Å²) in [5.74, 6) is -0.424. The van der Waals surface area contributed by atoms with Crippen LogP contribution in [-0.2, 0) is 28.0 Å². The van der Waals surface area contributed by atoms with Crippen LogP contribution < -0.4 is 10.6 Å². The number of benzene rings is 1. The third-order valence-electron chi connectivity index (χ3n) is 3.71. The fourth-order valence-electron chi connectivity index (χ4n) is 2.33. The van der Waals surface area contributed by atoms with Gasteiger partial charge in [-0.2, -0.15) is 0 Å². The molecular weight excluding hydrogens is 334 g/mol. The van der Waals surface area contributed by atoms with Gasteiger partial charge in [-0.25, -0.2) is 4.98 Å². The molecule has 1 aromatic heterocycles. The summed E-state index contributed by atoms with van der Waals surface area (Å²) in [7, 11) is 0. The molecule has 0 saturated heterocycles. The first kappa shape index (κ1) is 19.1. The van der Waals surface area contributed by atoms with Gasteiger partial charge in [0.2, 0.25) is 11.8 Å². The van der Waals surface area contributed by atoms with Crippen molar-refractivity contribution >= 4 is 23.2 Å². The number of hydrogen-bond acceptors (Lipinski definition) is 4. The first-order chi connectivity index (χ1) is 11.8. The highest BCUT2D eigenvalue weighted by Gasteiger charge is 2.21. The van der Waals surface area contributed by atoms with Gasteiger partial charge in [0.15, 0.2) is 0 Å². The largest absolute Gasteiger partial charge is 0.348 e. The van der Waals surface area contributed by atoms with Gasteiger partial charge in [-0.3, -0.25) is 9.59 Å². The van der Waals surface area contributed by atoms with E-state index in [1.807, 2.05) is 35.7 Å². The van der Waals surface area contributed by atoms with Crippen LogP contribution in [-0.4, -0.2) is 22.8 Å². The normalized spacial score (nSPS) is 12.5. The molecule has 0 saturated carbocycles. The van der Waals surface area contributed by atoms with Crippen molar-refractivity contribution in [3.05, 3.63) is 52.0 Å². The summed E-state index contributed by atoms with van der Waals surface area (Å²) in [6.07, 6.45) is 0.456. The molecule has 2 amide bonds. The van der Waals surface area contributed by atoms with E-state index in [9.17, 15) is 9.59 Å². The molecule has 5 nitrogen and oxygen atoms in total. The number of hydrogen-bond donors (Lipinski definition) is 2. The molecule has 134 valence electrons. The Hall–Kier alpha value is -2.21. The maximum atomic E-state index is 12.5. The Kier molecular flexibility index (Phi) is 6.31. The molecule has 0 bridgehead atoms. The van der Waals surface area contributed by atoms with Gasteiger partial charge < -0.3 is 10.6 Å². The summed E-state index contributed by atoms with van der Waals surface area (Å²) in [4.78, 5) is 28.5. The van der Waals surface area contributed by atoms with E-state index in [4.69, 9.17) is 0 Å². The number of carbonyl (C=O) groups excluding carboxylic acids is 2. The fourth-order valence-corrected chi connectivity index (χ4v) is 3.29. The van der Waals surface area contributed by atoms with Crippen LogP contribution >= 0.6 is 11.3 Å². The monoisotopic (exact) mass is 359 g/mol. The van der Waals surface area contributed by atoms with Crippen LogP contribution in [0.2, 0.25) is 0 Å². The molecule has 1 heterocycles. The lowest BCUT2D eigenvalue weighted by atomic mass is 9.93. The molecule has 2 N–H and O–H groups in total. The Labute approximate surface area is 152 Å². The van der Waals surface area contributed by atoms with Gasteiger partial charge in [0.05, 0.1) is 12.2 Å². The van der Waals surface area contributed by atoms with Crippen molar-refractivity contribution < 1.29 is 9.59 Å². The summed E-state index contributed by atoms with van der Waals surface area (Å²) in [5.41, 5.74) is 2.01. The summed E-state index contributed by atoms with van der Waals surface area (Å²) in [6.45, 7) is 8.11. The number of thiazole rings is 1. The smallest absolute Gasteiger partial charge is 0.243 e. The van der Waals surface area contributed by atoms with Gasteiger partial charge in [0.25, 0.3) is 0 Å². The molecule has 1 atom stereocenters. The zero-order valence-corrected chi connectivity index (χ0v) is 15.9. The van der Waals surface area contributed by atoms with Crippen molar-refractivity contribution in [3.8, 4) is 0 Å². The van der Waals surface area contributed by atoms with E-state index in [0.717, 1.165) is 16.3 Å². The molecule has 1 aromatic carbocycles. The zero-order chi connectivity index (χ0) is 18.4. The molecule has 2 rings (SSSR count). The van der Waals surface area contributed by atoms with E-state index in [1.54, 1.807) is 0 Å². The Balaban J connectivity index is 1.99. The van der Waals surface area contributed by atoms with Crippen molar-refractivity contribution in [2.24, 2.45) is 0 Å². The zero-order valence-electron chi connectivity index (χ0n) is 15.1. The van der Waals surface area contributed by atoms with E-state index in [1.165, 1.54) is 18.3 Å². The first-order valence-electron chi connectivity index (χ1n) is 8.29. The second kappa shape index (κ2) is 8.25. The van der Waals surface area contributed by atoms with Crippen LogP contribution in [0, 0.1) is 0 Å². The summed E-state index contributed by atoms with van der Waals surface area (Å²) < 4.78 is 0. The predicted molar refractivity (Wildman–Crippen MR) is 100 cm³/mol. The quantitative estimate of drug-likeness (QED) is 0.833. The SMILES string of the molecule is CC(=O)N[C@@H](Cc1ccccc1)C(=O)NCc1nc(C(C)(C)C)cs1. The van der Waals surface area contributed by atoms with E-state index >= 15 is 0 Å². The number of carbonyl (C=O) groups is 2. The van der Waals surface area contributed by atoms with Gasteiger partial charge in [-0.1, -0.05) is 51.1 Å². The Morgan fingerprint density at radius 3 is 2.44 bits per heavy atom. The number of rotatable bonds is 6. The lowest BCUT2D eigenvalue weighted by Gasteiger charge is -2.17. The molecule has 0 aliphatic rings. The van der Waals surface area contributed by atoms with Gasteiger partial charge >= 0.3 is 0 Å². The number of nitrogens with zero attached hydrogens (tertiary/aromatic N) is 1. The minimum Gasteiger partial charge on any atom is -0.348 e. The summed E-state index contributed by atoms with van der Waals surface area (Å²) in [5, 5.41) is 8.49. The van der Waals surface area contributed by atoms with Gasteiger partial charge in [-0.15, -0.1) is 11.3 Å². The second-order valence-electron chi connectivity index (χ2n) is 7.04. The summed E-state index contributed by atoms with van der Waals surface area (Å²) in [6, 6.07) is 9.05. The van der Waals surface area contributed by atoms with Crippen LogP contribution in [0.4, 0.5) is 0 Å². The Bertz CT molecular complexity index is 720. The number of aromatic nitrogens is 1. The standard InChI is InChI=1S/C19H25N3O2S/c1-13(23)21-15(10-14-8-6-5-7-9-14)18(24)20-11-17-22-16(12-25-17)19(2,3)4/h5-9,12,15H,10-11H2,1-4H3,(H,20,24)(H,21,23)/t15-/m0/s1. The molecule has 0 aliphatic heterocycles. The Morgan fingerprint density at radius 2 is 1.88 bits per heavy atom. The van der Waals surface area contributed by atoms with Crippen LogP contribution in [0.15, 0.2) is 35.7 Å². The van der Waals surface area contributed by atoms with E-state index < -0.39 is 6.04 Å². The van der Waals surface area contributed by atoms with Crippen molar-refractivity contribution in [1.29, 1.82) is 0 Å². The van der Waals surface area contributed by atoms with E-state index in [0.29, 0.717) is 13.0 Å². The molecule has 0 unspecified atom stereocenters. The first-order valence-corrected chi connectivity index (χ1v) is 9.17. The third kappa shape index (κ3) is 5.98. The number of nitrogens with one attached hydrogen (secondary N) is 2. The van der Waals surface area contributed by atoms with Gasteiger partial charge in [-0.05, 0) is 5.56 Å². The molecule has 0 spiro atoms. The second-order valence-corrected chi connectivity index (χ2v) is 7.98.